The second-order valence-electron chi connectivity index (χ2n) is 12.3. The molecule has 0 spiro atoms. The van der Waals surface area contributed by atoms with Crippen LogP contribution >= 0.6 is 0 Å². The number of ether oxygens (including phenoxy) is 1. The van der Waals surface area contributed by atoms with Crippen molar-refractivity contribution in [2.45, 2.75) is 65.1 Å². The van der Waals surface area contributed by atoms with Crippen LogP contribution in [0, 0.1) is 18.8 Å². The van der Waals surface area contributed by atoms with Gasteiger partial charge < -0.3 is 20.5 Å². The lowest BCUT2D eigenvalue weighted by molar-refractivity contribution is -0.150. The number of nitrogens with one attached hydrogen (secondary N) is 2. The number of anilines is 2. The van der Waals surface area contributed by atoms with Crippen LogP contribution in [0.25, 0.3) is 0 Å². The second kappa shape index (κ2) is 14.1. The van der Waals surface area contributed by atoms with E-state index in [1.165, 1.54) is 6.92 Å². The summed E-state index contributed by atoms with van der Waals surface area (Å²) in [6.07, 6.45) is 1.06. The highest BCUT2D eigenvalue weighted by atomic mass is 16.5. The van der Waals surface area contributed by atoms with Gasteiger partial charge in [-0.15, -0.1) is 0 Å². The Kier molecular flexibility index (Phi) is 10.0. The molecular weight excluding hydrogens is 576 g/mol. The van der Waals surface area contributed by atoms with E-state index in [2.05, 4.69) is 16.7 Å². The van der Waals surface area contributed by atoms with Gasteiger partial charge in [-0.25, -0.2) is 0 Å². The smallest absolute Gasteiger partial charge is 0.235 e. The van der Waals surface area contributed by atoms with Crippen molar-refractivity contribution in [3.8, 4) is 5.75 Å². The first kappa shape index (κ1) is 32.6. The molecule has 1 aliphatic rings. The van der Waals surface area contributed by atoms with E-state index >= 15 is 0 Å². The summed E-state index contributed by atoms with van der Waals surface area (Å²) < 4.78 is 6.03. The van der Waals surface area contributed by atoms with Gasteiger partial charge in [0, 0.05) is 23.7 Å². The predicted molar refractivity (Wildman–Crippen MR) is 181 cm³/mol. The molecular formula is C39H42N2O5. The second-order valence-corrected chi connectivity index (χ2v) is 12.3. The quantitative estimate of drug-likeness (QED) is 0.166. The largest absolute Gasteiger partial charge is 0.489 e. The van der Waals surface area contributed by atoms with Gasteiger partial charge in [-0.1, -0.05) is 92.2 Å². The van der Waals surface area contributed by atoms with Crippen LogP contribution in [0.3, 0.4) is 0 Å². The number of Topliss-reactive ketones (excluding diaryl/α,β-unsaturated/α-hetero) is 1. The fourth-order valence-corrected chi connectivity index (χ4v) is 6.57. The molecule has 0 bridgehead atoms. The minimum absolute atomic E-state index is 0.331. The zero-order chi connectivity index (χ0) is 32.8. The van der Waals surface area contributed by atoms with Crippen LogP contribution in [-0.2, 0) is 33.8 Å². The topological polar surface area (TPSA) is 105 Å². The van der Waals surface area contributed by atoms with E-state index in [1.807, 2.05) is 81.4 Å². The number of aryl methyl sites for hydroxylation is 3. The predicted octanol–water partition coefficient (Wildman–Crippen LogP) is 7.02. The van der Waals surface area contributed by atoms with E-state index < -0.39 is 41.0 Å². The zero-order valence-electron chi connectivity index (χ0n) is 26.9. The Labute approximate surface area is 271 Å². The third kappa shape index (κ3) is 7.21. The van der Waals surface area contributed by atoms with E-state index in [0.29, 0.717) is 42.1 Å². The number of hydrogen-bond acceptors (Lipinski definition) is 5. The Hall–Kier alpha value is -4.75. The van der Waals surface area contributed by atoms with Crippen LogP contribution in [0.5, 0.6) is 5.75 Å². The van der Waals surface area contributed by atoms with Crippen LogP contribution in [0.15, 0.2) is 97.1 Å². The van der Waals surface area contributed by atoms with Crippen molar-refractivity contribution >= 4 is 29.0 Å². The van der Waals surface area contributed by atoms with E-state index in [1.54, 1.807) is 30.3 Å². The zero-order valence-corrected chi connectivity index (χ0v) is 26.9. The Morgan fingerprint density at radius 2 is 1.41 bits per heavy atom. The van der Waals surface area contributed by atoms with Crippen LogP contribution in [0.1, 0.15) is 60.9 Å². The number of carbonyl (C=O) groups excluding carboxylic acids is 3. The lowest BCUT2D eigenvalue weighted by atomic mass is 9.61. The minimum atomic E-state index is -1.70. The van der Waals surface area contributed by atoms with Gasteiger partial charge in [0.2, 0.25) is 11.8 Å². The number of carbonyl (C=O) groups is 3. The highest BCUT2D eigenvalue weighted by Crippen LogP contribution is 2.47. The molecule has 7 heteroatoms. The third-order valence-electron chi connectivity index (χ3n) is 8.90. The number of para-hydroxylation sites is 2. The Balaban J connectivity index is 1.51. The summed E-state index contributed by atoms with van der Waals surface area (Å²) in [6.45, 7) is 7.91. The maximum Gasteiger partial charge on any atom is 0.235 e. The lowest BCUT2D eigenvalue weighted by Crippen LogP contribution is -2.56. The van der Waals surface area contributed by atoms with Crippen molar-refractivity contribution in [2.75, 3.05) is 10.6 Å². The van der Waals surface area contributed by atoms with Crippen molar-refractivity contribution < 1.29 is 24.2 Å². The van der Waals surface area contributed by atoms with Gasteiger partial charge in [-0.2, -0.15) is 0 Å². The van der Waals surface area contributed by atoms with Gasteiger partial charge in [0.05, 0.1) is 11.5 Å². The SMILES string of the molecule is CCc1ccccc1NC(=O)C1C(=O)CC(C)(O)C(C(=O)Nc2ccccc2CC)C1c1ccc(OCc2cccc(C)c2)cc1. The van der Waals surface area contributed by atoms with Crippen molar-refractivity contribution in [1.82, 2.24) is 0 Å². The molecule has 46 heavy (non-hydrogen) atoms. The molecule has 7 nitrogen and oxygen atoms in total. The molecule has 0 heterocycles. The van der Waals surface area contributed by atoms with E-state index in [0.717, 1.165) is 22.3 Å². The molecule has 1 fully saturated rings. The number of ketones is 1. The van der Waals surface area contributed by atoms with Crippen molar-refractivity contribution in [1.29, 1.82) is 0 Å². The molecule has 0 saturated heterocycles. The van der Waals surface area contributed by atoms with Crippen LogP contribution < -0.4 is 15.4 Å². The molecule has 4 unspecified atom stereocenters. The molecule has 2 amide bonds. The van der Waals surface area contributed by atoms with E-state index in [-0.39, 0.29) is 6.42 Å². The van der Waals surface area contributed by atoms with Crippen molar-refractivity contribution in [3.63, 3.8) is 0 Å². The first-order valence-corrected chi connectivity index (χ1v) is 15.9. The maximum absolute atomic E-state index is 14.2. The molecule has 3 N–H and O–H groups in total. The summed E-state index contributed by atoms with van der Waals surface area (Å²) in [4.78, 5) is 42.0. The first-order valence-electron chi connectivity index (χ1n) is 15.9. The molecule has 4 atom stereocenters. The number of amides is 2. The Bertz CT molecular complexity index is 1710. The standard InChI is InChI=1S/C39H42N2O5/c1-5-27-14-7-9-16-31(27)40-37(43)35-33(42)23-39(4,45)36(38(44)41-32-17-10-8-15-28(32)6-2)34(35)29-18-20-30(21-19-29)46-24-26-13-11-12-25(3)22-26/h7-22,34-36,45H,5-6,23-24H2,1-4H3,(H,40,43)(H,41,44). The van der Waals surface area contributed by atoms with Crippen molar-refractivity contribution in [3.05, 3.63) is 125 Å². The summed E-state index contributed by atoms with van der Waals surface area (Å²) in [5.74, 6) is -4.01. The van der Waals surface area contributed by atoms with Gasteiger partial charge in [0.1, 0.15) is 24.1 Å². The number of rotatable bonds is 10. The summed E-state index contributed by atoms with van der Waals surface area (Å²) in [5.41, 5.74) is 4.20. The highest BCUT2D eigenvalue weighted by molar-refractivity contribution is 6.10. The fourth-order valence-electron chi connectivity index (χ4n) is 6.57. The first-order chi connectivity index (χ1) is 22.1. The van der Waals surface area contributed by atoms with Gasteiger partial charge in [0.15, 0.2) is 0 Å². The van der Waals surface area contributed by atoms with Gasteiger partial charge in [-0.3, -0.25) is 14.4 Å². The van der Waals surface area contributed by atoms with Crippen molar-refractivity contribution in [2.24, 2.45) is 11.8 Å². The lowest BCUT2D eigenvalue weighted by Gasteiger charge is -2.44. The normalized spacial score (nSPS) is 21.0. The molecule has 0 aromatic heterocycles. The summed E-state index contributed by atoms with van der Waals surface area (Å²) in [5, 5.41) is 17.7. The molecule has 1 aliphatic carbocycles. The average molecular weight is 619 g/mol. The highest BCUT2D eigenvalue weighted by Gasteiger charge is 2.56. The monoisotopic (exact) mass is 618 g/mol. The van der Waals surface area contributed by atoms with E-state index in [4.69, 9.17) is 4.74 Å². The number of hydrogen-bond donors (Lipinski definition) is 3. The molecule has 1 saturated carbocycles. The fraction of sp³-hybridized carbons (Fsp3) is 0.308. The van der Waals surface area contributed by atoms with E-state index in [9.17, 15) is 19.5 Å². The molecule has 0 aliphatic heterocycles. The van der Waals surface area contributed by atoms with Gasteiger partial charge in [0.25, 0.3) is 0 Å². The Morgan fingerprint density at radius 1 is 0.826 bits per heavy atom. The number of benzene rings is 4. The number of aliphatic hydroxyl groups is 1. The van der Waals surface area contributed by atoms with Gasteiger partial charge >= 0.3 is 0 Å². The molecule has 5 rings (SSSR count). The Morgan fingerprint density at radius 3 is 2.00 bits per heavy atom. The molecule has 4 aromatic carbocycles. The molecule has 0 radical (unpaired) electrons. The summed E-state index contributed by atoms with van der Waals surface area (Å²) in [6, 6.07) is 30.2. The summed E-state index contributed by atoms with van der Waals surface area (Å²) >= 11 is 0. The molecule has 238 valence electrons. The van der Waals surface area contributed by atoms with Crippen LogP contribution in [0.2, 0.25) is 0 Å². The summed E-state index contributed by atoms with van der Waals surface area (Å²) in [7, 11) is 0. The van der Waals surface area contributed by atoms with Crippen LogP contribution in [-0.4, -0.2) is 28.3 Å². The minimum Gasteiger partial charge on any atom is -0.489 e. The van der Waals surface area contributed by atoms with Gasteiger partial charge in [-0.05, 0) is 73.2 Å². The average Bonchev–Trinajstić information content (AvgIpc) is 3.03. The maximum atomic E-state index is 14.2. The third-order valence-corrected chi connectivity index (χ3v) is 8.90. The van der Waals surface area contributed by atoms with Crippen LogP contribution in [0.4, 0.5) is 11.4 Å². The molecule has 4 aromatic rings.